The van der Waals surface area contributed by atoms with Crippen LogP contribution in [0.2, 0.25) is 0 Å². The molecule has 0 unspecified atom stereocenters. The van der Waals surface area contributed by atoms with E-state index >= 15 is 0 Å². The van der Waals surface area contributed by atoms with Gasteiger partial charge in [0, 0.05) is 20.6 Å². The van der Waals surface area contributed by atoms with E-state index in [1.807, 2.05) is 6.07 Å². The van der Waals surface area contributed by atoms with Gasteiger partial charge in [-0.25, -0.2) is 0 Å². The van der Waals surface area contributed by atoms with Crippen LogP contribution in [-0.4, -0.2) is 26.6 Å². The molecule has 3 heteroatoms. The zero-order chi connectivity index (χ0) is 14.9. The van der Waals surface area contributed by atoms with Gasteiger partial charge in [-0.15, -0.1) is 0 Å². The second-order valence-corrected chi connectivity index (χ2v) is 5.87. The predicted octanol–water partition coefficient (Wildman–Crippen LogP) is 4.16. The molecule has 1 aromatic carbocycles. The van der Waals surface area contributed by atoms with Crippen molar-refractivity contribution in [3.63, 3.8) is 0 Å². The Labute approximate surface area is 128 Å². The summed E-state index contributed by atoms with van der Waals surface area (Å²) in [5.41, 5.74) is 1.25. The van der Waals surface area contributed by atoms with Gasteiger partial charge in [-0.2, -0.15) is 0 Å². The normalized spacial score (nSPS) is 23.2. The molecule has 3 nitrogen and oxygen atoms in total. The van der Waals surface area contributed by atoms with Crippen LogP contribution in [0.3, 0.4) is 0 Å². The van der Waals surface area contributed by atoms with Gasteiger partial charge in [0.25, 0.3) is 0 Å². The Morgan fingerprint density at radius 1 is 1.00 bits per heavy atom. The van der Waals surface area contributed by atoms with Crippen molar-refractivity contribution in [1.82, 2.24) is 0 Å². The van der Waals surface area contributed by atoms with Crippen LogP contribution in [0, 0.1) is 5.92 Å². The minimum absolute atomic E-state index is 0.115. The molecule has 2 rings (SSSR count). The van der Waals surface area contributed by atoms with E-state index in [2.05, 4.69) is 24.3 Å². The lowest BCUT2D eigenvalue weighted by Gasteiger charge is -2.28. The van der Waals surface area contributed by atoms with Gasteiger partial charge in [-0.1, -0.05) is 49.6 Å². The van der Waals surface area contributed by atoms with Gasteiger partial charge in [-0.05, 0) is 24.3 Å². The molecule has 1 saturated carbocycles. The molecule has 0 spiro atoms. The predicted molar refractivity (Wildman–Crippen MR) is 84.0 cm³/mol. The second-order valence-electron chi connectivity index (χ2n) is 5.87. The van der Waals surface area contributed by atoms with Crippen molar-refractivity contribution in [2.75, 3.05) is 14.2 Å². The van der Waals surface area contributed by atoms with Crippen LogP contribution in [0.15, 0.2) is 30.3 Å². The van der Waals surface area contributed by atoms with E-state index in [1.54, 1.807) is 14.2 Å². The highest BCUT2D eigenvalue weighted by Crippen LogP contribution is 2.30. The molecule has 1 aliphatic rings. The molecule has 0 saturated heterocycles. The van der Waals surface area contributed by atoms with Gasteiger partial charge in [0.2, 0.25) is 0 Å². The first-order valence-corrected chi connectivity index (χ1v) is 8.04. The van der Waals surface area contributed by atoms with Crippen molar-refractivity contribution in [3.05, 3.63) is 35.9 Å². The van der Waals surface area contributed by atoms with Crippen molar-refractivity contribution in [2.24, 2.45) is 5.92 Å². The fourth-order valence-corrected chi connectivity index (χ4v) is 3.15. The number of hydrogen-bond donors (Lipinski definition) is 0. The Balaban J connectivity index is 1.92. The summed E-state index contributed by atoms with van der Waals surface area (Å²) in [6.45, 7) is 0.701. The Bertz CT molecular complexity index is 375. The third kappa shape index (κ3) is 5.42. The summed E-state index contributed by atoms with van der Waals surface area (Å²) < 4.78 is 17.0. The van der Waals surface area contributed by atoms with Crippen LogP contribution in [0.5, 0.6) is 0 Å². The number of ether oxygens (including phenoxy) is 3. The van der Waals surface area contributed by atoms with Crippen molar-refractivity contribution < 1.29 is 14.2 Å². The topological polar surface area (TPSA) is 27.7 Å². The molecular weight excluding hydrogens is 264 g/mol. The molecule has 0 radical (unpaired) electrons. The molecule has 0 aliphatic heterocycles. The highest BCUT2D eigenvalue weighted by molar-refractivity contribution is 5.13. The van der Waals surface area contributed by atoms with E-state index in [9.17, 15) is 0 Å². The quantitative estimate of drug-likeness (QED) is 0.558. The van der Waals surface area contributed by atoms with Crippen molar-refractivity contribution in [3.8, 4) is 0 Å². The van der Waals surface area contributed by atoms with Crippen molar-refractivity contribution in [1.29, 1.82) is 0 Å². The maximum Gasteiger partial charge on any atom is 0.157 e. The Morgan fingerprint density at radius 3 is 2.43 bits per heavy atom. The van der Waals surface area contributed by atoms with Crippen LogP contribution >= 0.6 is 0 Å². The molecule has 0 amide bonds. The molecule has 0 N–H and O–H groups in total. The first-order valence-electron chi connectivity index (χ1n) is 8.04. The summed E-state index contributed by atoms with van der Waals surface area (Å²) in [7, 11) is 3.43. The minimum atomic E-state index is -0.115. The minimum Gasteiger partial charge on any atom is -0.373 e. The van der Waals surface area contributed by atoms with Crippen LogP contribution < -0.4 is 0 Å². The van der Waals surface area contributed by atoms with E-state index < -0.39 is 0 Å². The highest BCUT2D eigenvalue weighted by atomic mass is 16.7. The Morgan fingerprint density at radius 2 is 1.71 bits per heavy atom. The number of methoxy groups -OCH3 is 2. The smallest absolute Gasteiger partial charge is 0.157 e. The first-order chi connectivity index (χ1) is 10.3. The van der Waals surface area contributed by atoms with E-state index in [4.69, 9.17) is 14.2 Å². The lowest BCUT2D eigenvalue weighted by molar-refractivity contribution is -0.127. The summed E-state index contributed by atoms with van der Waals surface area (Å²) in [6.07, 6.45) is 7.35. The summed E-state index contributed by atoms with van der Waals surface area (Å²) in [5, 5.41) is 0. The largest absolute Gasteiger partial charge is 0.373 e. The summed E-state index contributed by atoms with van der Waals surface area (Å²) in [4.78, 5) is 0. The maximum absolute atomic E-state index is 6.24. The fourth-order valence-electron chi connectivity index (χ4n) is 3.15. The molecule has 1 fully saturated rings. The first kappa shape index (κ1) is 16.5. The molecule has 0 aromatic heterocycles. The average molecular weight is 292 g/mol. The van der Waals surface area contributed by atoms with E-state index in [1.165, 1.54) is 31.2 Å². The van der Waals surface area contributed by atoms with Gasteiger partial charge in [0.15, 0.2) is 6.29 Å². The molecule has 0 heterocycles. The second kappa shape index (κ2) is 9.19. The van der Waals surface area contributed by atoms with Crippen molar-refractivity contribution >= 4 is 0 Å². The molecule has 1 aromatic rings. The molecular formula is C18H28O3. The van der Waals surface area contributed by atoms with Crippen LogP contribution in [0.25, 0.3) is 0 Å². The lowest BCUT2D eigenvalue weighted by atomic mass is 9.93. The summed E-state index contributed by atoms with van der Waals surface area (Å²) in [5.74, 6) is 0.529. The zero-order valence-electron chi connectivity index (χ0n) is 13.3. The van der Waals surface area contributed by atoms with Gasteiger partial charge in [0.1, 0.15) is 0 Å². The third-order valence-electron chi connectivity index (χ3n) is 4.42. The Hall–Kier alpha value is -0.900. The molecule has 21 heavy (non-hydrogen) atoms. The SMILES string of the molecule is COC(C[C@H]1CCCCC[C@@H]1OCc1ccccc1)OC. The van der Waals surface area contributed by atoms with E-state index in [0.717, 1.165) is 12.8 Å². The summed E-state index contributed by atoms with van der Waals surface area (Å²) >= 11 is 0. The maximum atomic E-state index is 6.24. The molecule has 2 atom stereocenters. The number of rotatable bonds is 7. The number of benzene rings is 1. The molecule has 118 valence electrons. The molecule has 0 bridgehead atoms. The van der Waals surface area contributed by atoms with Crippen molar-refractivity contribution in [2.45, 2.75) is 57.5 Å². The van der Waals surface area contributed by atoms with Gasteiger partial charge in [-0.3, -0.25) is 0 Å². The third-order valence-corrected chi connectivity index (χ3v) is 4.42. The van der Waals surface area contributed by atoms with E-state index in [-0.39, 0.29) is 6.29 Å². The van der Waals surface area contributed by atoms with Gasteiger partial charge >= 0.3 is 0 Å². The Kier molecular flexibility index (Phi) is 7.20. The van der Waals surface area contributed by atoms with Gasteiger partial charge in [0.05, 0.1) is 12.7 Å². The van der Waals surface area contributed by atoms with Crippen LogP contribution in [0.1, 0.15) is 44.1 Å². The highest BCUT2D eigenvalue weighted by Gasteiger charge is 2.27. The fraction of sp³-hybridized carbons (Fsp3) is 0.667. The average Bonchev–Trinajstić information content (AvgIpc) is 2.76. The van der Waals surface area contributed by atoms with Crippen LogP contribution in [-0.2, 0) is 20.8 Å². The van der Waals surface area contributed by atoms with Crippen LogP contribution in [0.4, 0.5) is 0 Å². The standard InChI is InChI=1S/C18H28O3/c1-19-18(20-2)13-16-11-7-4-8-12-17(16)21-14-15-9-5-3-6-10-15/h3,5-6,9-10,16-18H,4,7-8,11-14H2,1-2H3/t16-,17+/m1/s1. The zero-order valence-corrected chi connectivity index (χ0v) is 13.3. The molecule has 1 aliphatic carbocycles. The van der Waals surface area contributed by atoms with Gasteiger partial charge < -0.3 is 14.2 Å². The monoisotopic (exact) mass is 292 g/mol. The van der Waals surface area contributed by atoms with E-state index in [0.29, 0.717) is 18.6 Å². The lowest BCUT2D eigenvalue weighted by Crippen LogP contribution is -2.28. The summed E-state index contributed by atoms with van der Waals surface area (Å²) in [6, 6.07) is 10.4. The number of hydrogen-bond acceptors (Lipinski definition) is 3.